The summed E-state index contributed by atoms with van der Waals surface area (Å²) in [6.07, 6.45) is 1.10. The van der Waals surface area contributed by atoms with Crippen LogP contribution in [0.15, 0.2) is 28.8 Å². The van der Waals surface area contributed by atoms with E-state index in [1.165, 1.54) is 0 Å². The van der Waals surface area contributed by atoms with E-state index in [0.29, 0.717) is 16.3 Å². The molecule has 0 bridgehead atoms. The number of benzene rings is 1. The summed E-state index contributed by atoms with van der Waals surface area (Å²) in [6, 6.07) is 7.04. The molecular weight excluding hydrogens is 304 g/mol. The van der Waals surface area contributed by atoms with E-state index >= 15 is 0 Å². The molecule has 1 saturated heterocycles. The predicted octanol–water partition coefficient (Wildman–Crippen LogP) is 3.28. The van der Waals surface area contributed by atoms with Crippen LogP contribution in [0.2, 0.25) is 5.02 Å². The van der Waals surface area contributed by atoms with Crippen LogP contribution in [0, 0.1) is 0 Å². The number of halogens is 1. The molecule has 5 nitrogen and oxygen atoms in total. The first-order valence-corrected chi connectivity index (χ1v) is 7.68. The Balaban J connectivity index is 2.06. The average molecular weight is 321 g/mol. The highest BCUT2D eigenvalue weighted by atomic mass is 35.5. The first kappa shape index (κ1) is 15.1. The summed E-state index contributed by atoms with van der Waals surface area (Å²) < 4.78 is 5.24. The number of aromatic nitrogens is 1. The van der Waals surface area contributed by atoms with Gasteiger partial charge in [0.05, 0.1) is 0 Å². The summed E-state index contributed by atoms with van der Waals surface area (Å²) in [4.78, 5) is 14.6. The van der Waals surface area contributed by atoms with Crippen LogP contribution in [0.5, 0.6) is 0 Å². The van der Waals surface area contributed by atoms with Gasteiger partial charge in [-0.2, -0.15) is 0 Å². The average Bonchev–Trinajstić information content (AvgIpc) is 3.17. The van der Waals surface area contributed by atoms with Gasteiger partial charge < -0.3 is 14.5 Å². The number of carbonyl (C=O) groups excluding carboxylic acids is 1. The molecular formula is C16H17ClN2O3. The molecule has 116 valence electrons. The minimum atomic E-state index is -0.893. The Morgan fingerprint density at radius 2 is 1.95 bits per heavy atom. The van der Waals surface area contributed by atoms with E-state index in [1.807, 2.05) is 0 Å². The first-order chi connectivity index (χ1) is 10.6. The van der Waals surface area contributed by atoms with Crippen molar-refractivity contribution in [3.8, 4) is 11.3 Å². The third kappa shape index (κ3) is 2.74. The van der Waals surface area contributed by atoms with Crippen molar-refractivity contribution >= 4 is 17.5 Å². The number of rotatable bonds is 3. The van der Waals surface area contributed by atoms with E-state index in [0.717, 1.165) is 31.5 Å². The van der Waals surface area contributed by atoms with Crippen LogP contribution in [0.4, 0.5) is 0 Å². The SMILES string of the molecule is C[C@H](O)c1onc(-c2ccc(Cl)cc2)c1C(=O)N1CCCC1. The number of aliphatic hydroxyl groups excluding tert-OH is 1. The topological polar surface area (TPSA) is 66.6 Å². The third-order valence-corrected chi connectivity index (χ3v) is 4.07. The van der Waals surface area contributed by atoms with Crippen LogP contribution in [0.3, 0.4) is 0 Å². The second kappa shape index (κ2) is 6.10. The molecule has 1 N–H and O–H groups in total. The zero-order valence-electron chi connectivity index (χ0n) is 12.3. The van der Waals surface area contributed by atoms with Crippen LogP contribution < -0.4 is 0 Å². The number of carbonyl (C=O) groups is 1. The van der Waals surface area contributed by atoms with Gasteiger partial charge in [0.1, 0.15) is 17.4 Å². The van der Waals surface area contributed by atoms with Gasteiger partial charge in [0.2, 0.25) is 0 Å². The highest BCUT2D eigenvalue weighted by Crippen LogP contribution is 2.31. The Kier molecular flexibility index (Phi) is 4.18. The molecule has 1 atom stereocenters. The molecule has 1 aromatic heterocycles. The Morgan fingerprint density at radius 1 is 1.32 bits per heavy atom. The number of hydrogen-bond acceptors (Lipinski definition) is 4. The van der Waals surface area contributed by atoms with E-state index in [4.69, 9.17) is 16.1 Å². The zero-order valence-corrected chi connectivity index (χ0v) is 13.0. The third-order valence-electron chi connectivity index (χ3n) is 3.82. The quantitative estimate of drug-likeness (QED) is 0.942. The summed E-state index contributed by atoms with van der Waals surface area (Å²) in [6.45, 7) is 3.01. The summed E-state index contributed by atoms with van der Waals surface area (Å²) >= 11 is 5.90. The van der Waals surface area contributed by atoms with Crippen LogP contribution in [0.25, 0.3) is 11.3 Å². The largest absolute Gasteiger partial charge is 0.385 e. The standard InChI is InChI=1S/C16H17ClN2O3/c1-10(20)15-13(16(21)19-8-2-3-9-19)14(18-22-15)11-4-6-12(17)7-5-11/h4-7,10,20H,2-3,8-9H2,1H3/t10-/m0/s1. The van der Waals surface area contributed by atoms with Gasteiger partial charge >= 0.3 is 0 Å². The minimum absolute atomic E-state index is 0.139. The molecule has 0 aliphatic carbocycles. The van der Waals surface area contributed by atoms with Crippen LogP contribution in [0.1, 0.15) is 42.0 Å². The second-order valence-corrected chi connectivity index (χ2v) is 5.89. The summed E-state index contributed by atoms with van der Waals surface area (Å²) in [7, 11) is 0. The minimum Gasteiger partial charge on any atom is -0.385 e. The predicted molar refractivity (Wildman–Crippen MR) is 82.7 cm³/mol. The lowest BCUT2D eigenvalue weighted by Gasteiger charge is -2.16. The van der Waals surface area contributed by atoms with Gasteiger partial charge in [-0.3, -0.25) is 4.79 Å². The molecule has 2 aromatic rings. The van der Waals surface area contributed by atoms with Crippen LogP contribution >= 0.6 is 11.6 Å². The van der Waals surface area contributed by atoms with Crippen molar-refractivity contribution in [1.29, 1.82) is 0 Å². The molecule has 3 rings (SSSR count). The first-order valence-electron chi connectivity index (χ1n) is 7.31. The monoisotopic (exact) mass is 320 g/mol. The van der Waals surface area contributed by atoms with Gasteiger partial charge in [-0.1, -0.05) is 28.9 Å². The van der Waals surface area contributed by atoms with Crippen molar-refractivity contribution in [1.82, 2.24) is 10.1 Å². The molecule has 0 unspecified atom stereocenters. The molecule has 1 aromatic carbocycles. The molecule has 22 heavy (non-hydrogen) atoms. The maximum absolute atomic E-state index is 12.8. The second-order valence-electron chi connectivity index (χ2n) is 5.45. The Bertz CT molecular complexity index is 673. The van der Waals surface area contributed by atoms with E-state index < -0.39 is 6.10 Å². The zero-order chi connectivity index (χ0) is 15.7. The Labute approximate surface area is 133 Å². The van der Waals surface area contributed by atoms with E-state index in [1.54, 1.807) is 36.1 Å². The van der Waals surface area contributed by atoms with E-state index in [-0.39, 0.29) is 11.7 Å². The van der Waals surface area contributed by atoms with Gasteiger partial charge in [-0.05, 0) is 31.9 Å². The van der Waals surface area contributed by atoms with Gasteiger partial charge in [-0.15, -0.1) is 0 Å². The van der Waals surface area contributed by atoms with Gasteiger partial charge in [0.25, 0.3) is 5.91 Å². The Hall–Kier alpha value is -1.85. The maximum atomic E-state index is 12.8. The lowest BCUT2D eigenvalue weighted by Crippen LogP contribution is -2.28. The summed E-state index contributed by atoms with van der Waals surface area (Å²) in [5, 5.41) is 14.5. The molecule has 1 aliphatic heterocycles. The van der Waals surface area contributed by atoms with Crippen molar-refractivity contribution in [2.75, 3.05) is 13.1 Å². The van der Waals surface area contributed by atoms with E-state index in [9.17, 15) is 9.90 Å². The molecule has 1 aliphatic rings. The van der Waals surface area contributed by atoms with Crippen LogP contribution in [-0.4, -0.2) is 34.2 Å². The van der Waals surface area contributed by atoms with Crippen molar-refractivity contribution in [2.45, 2.75) is 25.9 Å². The fourth-order valence-corrected chi connectivity index (χ4v) is 2.80. The van der Waals surface area contributed by atoms with Crippen LogP contribution in [-0.2, 0) is 0 Å². The lowest BCUT2D eigenvalue weighted by atomic mass is 10.0. The van der Waals surface area contributed by atoms with Crippen molar-refractivity contribution < 1.29 is 14.4 Å². The summed E-state index contributed by atoms with van der Waals surface area (Å²) in [5.41, 5.74) is 1.53. The van der Waals surface area contributed by atoms with Crippen molar-refractivity contribution in [3.05, 3.63) is 40.6 Å². The van der Waals surface area contributed by atoms with Gasteiger partial charge in [0.15, 0.2) is 5.76 Å². The molecule has 0 spiro atoms. The number of likely N-dealkylation sites (tertiary alicyclic amines) is 1. The fourth-order valence-electron chi connectivity index (χ4n) is 2.68. The highest BCUT2D eigenvalue weighted by Gasteiger charge is 2.30. The molecule has 1 fully saturated rings. The molecule has 0 saturated carbocycles. The number of amides is 1. The smallest absolute Gasteiger partial charge is 0.259 e. The molecule has 1 amide bonds. The number of hydrogen-bond donors (Lipinski definition) is 1. The van der Waals surface area contributed by atoms with Gasteiger partial charge in [-0.25, -0.2) is 0 Å². The molecule has 6 heteroatoms. The van der Waals surface area contributed by atoms with Crippen molar-refractivity contribution in [2.24, 2.45) is 0 Å². The number of aliphatic hydroxyl groups is 1. The molecule has 2 heterocycles. The van der Waals surface area contributed by atoms with Gasteiger partial charge in [0, 0.05) is 23.7 Å². The molecule has 0 radical (unpaired) electrons. The Morgan fingerprint density at radius 3 is 2.55 bits per heavy atom. The normalized spacial score (nSPS) is 16.0. The lowest BCUT2D eigenvalue weighted by molar-refractivity contribution is 0.0781. The highest BCUT2D eigenvalue weighted by molar-refractivity contribution is 6.30. The van der Waals surface area contributed by atoms with E-state index in [2.05, 4.69) is 5.16 Å². The summed E-state index contributed by atoms with van der Waals surface area (Å²) in [5.74, 6) is 0.0708. The maximum Gasteiger partial charge on any atom is 0.259 e. The fraction of sp³-hybridized carbons (Fsp3) is 0.375. The number of nitrogens with zero attached hydrogens (tertiary/aromatic N) is 2. The van der Waals surface area contributed by atoms with Crippen molar-refractivity contribution in [3.63, 3.8) is 0 Å².